The summed E-state index contributed by atoms with van der Waals surface area (Å²) >= 11 is 6.06. The van der Waals surface area contributed by atoms with E-state index in [1.54, 1.807) is 13.2 Å². The molecule has 0 saturated carbocycles. The van der Waals surface area contributed by atoms with Gasteiger partial charge in [-0.2, -0.15) is 0 Å². The molecule has 5 heteroatoms. The van der Waals surface area contributed by atoms with Crippen LogP contribution < -0.4 is 14.8 Å². The molecule has 1 aliphatic heterocycles. The maximum Gasteiger partial charge on any atom is 0.133 e. The molecule has 0 amide bonds. The summed E-state index contributed by atoms with van der Waals surface area (Å²) in [7, 11) is 1.63. The van der Waals surface area contributed by atoms with Gasteiger partial charge >= 0.3 is 0 Å². The number of pyridine rings is 1. The number of methoxy groups -OCH3 is 1. The van der Waals surface area contributed by atoms with Gasteiger partial charge in [0.1, 0.15) is 22.8 Å². The van der Waals surface area contributed by atoms with E-state index >= 15 is 0 Å². The summed E-state index contributed by atoms with van der Waals surface area (Å²) in [4.78, 5) is 4.31. The van der Waals surface area contributed by atoms with Crippen LogP contribution in [0.2, 0.25) is 5.15 Å². The monoisotopic (exact) mass is 278 g/mol. The second kappa shape index (κ2) is 5.23. The molecular formula is C14H15ClN2O2. The first-order valence-electron chi connectivity index (χ1n) is 6.28. The van der Waals surface area contributed by atoms with Crippen LogP contribution in [0, 0.1) is 0 Å². The van der Waals surface area contributed by atoms with E-state index in [4.69, 9.17) is 21.1 Å². The molecule has 3 rings (SSSR count). The second-order valence-electron chi connectivity index (χ2n) is 4.56. The Hall–Kier alpha value is -1.52. The van der Waals surface area contributed by atoms with E-state index in [0.29, 0.717) is 5.15 Å². The molecule has 2 aromatic rings. The van der Waals surface area contributed by atoms with E-state index in [9.17, 15) is 0 Å². The van der Waals surface area contributed by atoms with E-state index in [1.807, 2.05) is 18.2 Å². The highest BCUT2D eigenvalue weighted by Crippen LogP contribution is 2.31. The molecule has 19 heavy (non-hydrogen) atoms. The molecule has 1 fully saturated rings. The molecule has 0 radical (unpaired) electrons. The SMILES string of the molecule is COc1ccc2c(OC3CCNC3)cc(Cl)nc2c1. The van der Waals surface area contributed by atoms with Crippen LogP contribution in [-0.4, -0.2) is 31.3 Å². The first-order valence-corrected chi connectivity index (χ1v) is 6.66. The first-order chi connectivity index (χ1) is 9.26. The summed E-state index contributed by atoms with van der Waals surface area (Å²) < 4.78 is 11.2. The Kier molecular flexibility index (Phi) is 3.44. The predicted octanol–water partition coefficient (Wildman–Crippen LogP) is 2.64. The van der Waals surface area contributed by atoms with Gasteiger partial charge in [0.15, 0.2) is 0 Å². The quantitative estimate of drug-likeness (QED) is 0.877. The van der Waals surface area contributed by atoms with E-state index in [1.165, 1.54) is 0 Å². The van der Waals surface area contributed by atoms with Gasteiger partial charge in [0.05, 0.1) is 12.6 Å². The van der Waals surface area contributed by atoms with Gasteiger partial charge in [-0.1, -0.05) is 11.6 Å². The molecule has 0 spiro atoms. The standard InChI is InChI=1S/C14H15ClN2O2/c1-18-9-2-3-11-12(6-9)17-14(15)7-13(11)19-10-4-5-16-8-10/h2-3,6-7,10,16H,4-5,8H2,1H3. The number of aromatic nitrogens is 1. The van der Waals surface area contributed by atoms with Crippen molar-refractivity contribution in [3.63, 3.8) is 0 Å². The minimum Gasteiger partial charge on any atom is -0.497 e. The van der Waals surface area contributed by atoms with Gasteiger partial charge in [0.25, 0.3) is 0 Å². The van der Waals surface area contributed by atoms with Crippen molar-refractivity contribution in [1.29, 1.82) is 0 Å². The van der Waals surface area contributed by atoms with E-state index in [0.717, 1.165) is 41.9 Å². The van der Waals surface area contributed by atoms with E-state index in [2.05, 4.69) is 10.3 Å². The number of nitrogens with one attached hydrogen (secondary N) is 1. The lowest BCUT2D eigenvalue weighted by Crippen LogP contribution is -2.19. The minimum absolute atomic E-state index is 0.198. The Morgan fingerprint density at radius 2 is 2.26 bits per heavy atom. The van der Waals surface area contributed by atoms with Gasteiger partial charge in [-0.3, -0.25) is 0 Å². The largest absolute Gasteiger partial charge is 0.497 e. The Morgan fingerprint density at radius 3 is 3.00 bits per heavy atom. The molecule has 1 unspecified atom stereocenters. The fourth-order valence-electron chi connectivity index (χ4n) is 2.28. The van der Waals surface area contributed by atoms with Gasteiger partial charge in [0.2, 0.25) is 0 Å². The third-order valence-corrected chi connectivity index (χ3v) is 3.45. The second-order valence-corrected chi connectivity index (χ2v) is 4.95. The lowest BCUT2D eigenvalue weighted by Gasteiger charge is -2.15. The molecular weight excluding hydrogens is 264 g/mol. The Morgan fingerprint density at radius 1 is 1.37 bits per heavy atom. The number of halogens is 1. The molecule has 1 saturated heterocycles. The van der Waals surface area contributed by atoms with Crippen LogP contribution in [0.15, 0.2) is 24.3 Å². The number of benzene rings is 1. The summed E-state index contributed by atoms with van der Waals surface area (Å²) in [5, 5.41) is 4.67. The van der Waals surface area contributed by atoms with Crippen LogP contribution in [0.3, 0.4) is 0 Å². The van der Waals surface area contributed by atoms with Gasteiger partial charge in [0, 0.05) is 24.1 Å². The van der Waals surface area contributed by atoms with Crippen LogP contribution in [-0.2, 0) is 0 Å². The van der Waals surface area contributed by atoms with Gasteiger partial charge in [-0.25, -0.2) is 4.98 Å². The Bertz CT molecular complexity index is 597. The van der Waals surface area contributed by atoms with Crippen LogP contribution in [0.5, 0.6) is 11.5 Å². The van der Waals surface area contributed by atoms with Crippen molar-refractivity contribution >= 4 is 22.5 Å². The van der Waals surface area contributed by atoms with Crippen molar-refractivity contribution < 1.29 is 9.47 Å². The molecule has 1 aromatic carbocycles. The molecule has 2 heterocycles. The fourth-order valence-corrected chi connectivity index (χ4v) is 2.47. The van der Waals surface area contributed by atoms with Crippen LogP contribution in [0.1, 0.15) is 6.42 Å². The van der Waals surface area contributed by atoms with Crippen molar-refractivity contribution in [2.24, 2.45) is 0 Å². The number of fused-ring (bicyclic) bond motifs is 1. The Balaban J connectivity index is 2.01. The summed E-state index contributed by atoms with van der Waals surface area (Å²) in [6.07, 6.45) is 1.21. The summed E-state index contributed by atoms with van der Waals surface area (Å²) in [5.41, 5.74) is 0.785. The molecule has 1 aliphatic rings. The molecule has 0 aliphatic carbocycles. The zero-order valence-electron chi connectivity index (χ0n) is 10.6. The third-order valence-electron chi connectivity index (χ3n) is 3.26. The zero-order chi connectivity index (χ0) is 13.2. The van der Waals surface area contributed by atoms with Gasteiger partial charge in [-0.05, 0) is 25.1 Å². The number of nitrogens with zero attached hydrogens (tertiary/aromatic N) is 1. The average Bonchev–Trinajstić information content (AvgIpc) is 2.90. The first kappa shape index (κ1) is 12.5. The number of rotatable bonds is 3. The zero-order valence-corrected chi connectivity index (χ0v) is 11.4. The number of ether oxygens (including phenoxy) is 2. The third kappa shape index (κ3) is 2.60. The van der Waals surface area contributed by atoms with Crippen LogP contribution in [0.4, 0.5) is 0 Å². The average molecular weight is 279 g/mol. The normalized spacial score (nSPS) is 18.7. The summed E-state index contributed by atoms with van der Waals surface area (Å²) in [6, 6.07) is 7.49. The minimum atomic E-state index is 0.198. The maximum atomic E-state index is 6.06. The van der Waals surface area contributed by atoms with E-state index < -0.39 is 0 Å². The highest BCUT2D eigenvalue weighted by molar-refractivity contribution is 6.30. The lowest BCUT2D eigenvalue weighted by atomic mass is 10.2. The highest BCUT2D eigenvalue weighted by Gasteiger charge is 2.18. The molecule has 1 atom stereocenters. The predicted molar refractivity (Wildman–Crippen MR) is 75.2 cm³/mol. The molecule has 100 valence electrons. The Labute approximate surface area is 116 Å². The van der Waals surface area contributed by atoms with Crippen molar-refractivity contribution in [2.45, 2.75) is 12.5 Å². The maximum absolute atomic E-state index is 6.06. The molecule has 1 aromatic heterocycles. The van der Waals surface area contributed by atoms with Crippen molar-refractivity contribution in [2.75, 3.05) is 20.2 Å². The number of hydrogen-bond acceptors (Lipinski definition) is 4. The van der Waals surface area contributed by atoms with Crippen LogP contribution >= 0.6 is 11.6 Å². The van der Waals surface area contributed by atoms with Gasteiger partial charge in [-0.15, -0.1) is 0 Å². The van der Waals surface area contributed by atoms with Crippen molar-refractivity contribution in [1.82, 2.24) is 10.3 Å². The topological polar surface area (TPSA) is 43.4 Å². The molecule has 1 N–H and O–H groups in total. The molecule has 0 bridgehead atoms. The van der Waals surface area contributed by atoms with Crippen molar-refractivity contribution in [3.05, 3.63) is 29.4 Å². The highest BCUT2D eigenvalue weighted by atomic mass is 35.5. The van der Waals surface area contributed by atoms with Gasteiger partial charge < -0.3 is 14.8 Å². The van der Waals surface area contributed by atoms with Crippen molar-refractivity contribution in [3.8, 4) is 11.5 Å². The van der Waals surface area contributed by atoms with Crippen LogP contribution in [0.25, 0.3) is 10.9 Å². The summed E-state index contributed by atoms with van der Waals surface area (Å²) in [6.45, 7) is 1.87. The number of hydrogen-bond donors (Lipinski definition) is 1. The lowest BCUT2D eigenvalue weighted by molar-refractivity contribution is 0.226. The summed E-state index contributed by atoms with van der Waals surface area (Å²) in [5.74, 6) is 1.54. The smallest absolute Gasteiger partial charge is 0.133 e. The fraction of sp³-hybridized carbons (Fsp3) is 0.357. The molecule has 4 nitrogen and oxygen atoms in total. The van der Waals surface area contributed by atoms with E-state index in [-0.39, 0.29) is 6.10 Å².